The third kappa shape index (κ3) is 3.75. The number of H-pyrrole nitrogens is 1. The van der Waals surface area contributed by atoms with Crippen molar-refractivity contribution in [2.75, 3.05) is 5.32 Å². The van der Waals surface area contributed by atoms with Crippen LogP contribution in [0.25, 0.3) is 11.0 Å². The molecule has 8 heteroatoms. The first-order valence-electron chi connectivity index (χ1n) is 9.17. The first-order chi connectivity index (χ1) is 13.6. The Morgan fingerprint density at radius 3 is 2.71 bits per heavy atom. The largest absolute Gasteiger partial charge is 0.342 e. The number of rotatable bonds is 6. The molecule has 2 N–H and O–H groups in total. The highest BCUT2D eigenvalue weighted by molar-refractivity contribution is 5.97. The van der Waals surface area contributed by atoms with Crippen LogP contribution in [0.1, 0.15) is 31.3 Å². The molecule has 4 aromatic rings. The third-order valence-electron chi connectivity index (χ3n) is 4.39. The highest BCUT2D eigenvalue weighted by atomic mass is 16.2. The van der Waals surface area contributed by atoms with Gasteiger partial charge in [0.05, 0.1) is 11.0 Å². The zero-order valence-electron chi connectivity index (χ0n) is 15.7. The maximum absolute atomic E-state index is 13.0. The average Bonchev–Trinajstić information content (AvgIpc) is 3.31. The summed E-state index contributed by atoms with van der Waals surface area (Å²) in [4.78, 5) is 21.0. The standard InChI is InChI=1S/C20H21N7O/c1-13(2)10-18-23-16-9-8-15(11-17(16)24-18)22-20(28)19(27-12-21-25-26-27)14-6-4-3-5-7-14/h3-9,11-13,19H,10H2,1-2H3,(H,22,28)(H,23,24)/t19-/m1/s1. The smallest absolute Gasteiger partial charge is 0.253 e. The average molecular weight is 375 g/mol. The van der Waals surface area contributed by atoms with Gasteiger partial charge in [0, 0.05) is 12.1 Å². The fourth-order valence-electron chi connectivity index (χ4n) is 3.18. The van der Waals surface area contributed by atoms with Gasteiger partial charge in [-0.2, -0.15) is 0 Å². The van der Waals surface area contributed by atoms with Gasteiger partial charge in [-0.15, -0.1) is 5.10 Å². The van der Waals surface area contributed by atoms with E-state index in [4.69, 9.17) is 0 Å². The van der Waals surface area contributed by atoms with Crippen molar-refractivity contribution in [3.05, 3.63) is 66.2 Å². The van der Waals surface area contributed by atoms with Crippen molar-refractivity contribution in [2.45, 2.75) is 26.3 Å². The quantitative estimate of drug-likeness (QED) is 0.539. The fourth-order valence-corrected chi connectivity index (χ4v) is 3.18. The molecule has 0 unspecified atom stereocenters. The summed E-state index contributed by atoms with van der Waals surface area (Å²) in [5.74, 6) is 1.24. The van der Waals surface area contributed by atoms with E-state index < -0.39 is 6.04 Å². The molecule has 142 valence electrons. The van der Waals surface area contributed by atoms with Gasteiger partial charge in [0.25, 0.3) is 5.91 Å². The summed E-state index contributed by atoms with van der Waals surface area (Å²) >= 11 is 0. The van der Waals surface area contributed by atoms with Gasteiger partial charge in [0.2, 0.25) is 0 Å². The number of amides is 1. The Bertz CT molecular complexity index is 1070. The predicted molar refractivity (Wildman–Crippen MR) is 106 cm³/mol. The number of nitrogens with one attached hydrogen (secondary N) is 2. The number of tetrazole rings is 1. The number of hydrogen-bond donors (Lipinski definition) is 2. The molecular weight excluding hydrogens is 354 g/mol. The molecule has 2 aromatic carbocycles. The van der Waals surface area contributed by atoms with E-state index in [0.717, 1.165) is 28.8 Å². The molecule has 0 spiro atoms. The molecule has 2 heterocycles. The second-order valence-corrected chi connectivity index (χ2v) is 7.11. The summed E-state index contributed by atoms with van der Waals surface area (Å²) in [5, 5.41) is 14.2. The van der Waals surface area contributed by atoms with Crippen LogP contribution in [0.4, 0.5) is 5.69 Å². The van der Waals surface area contributed by atoms with Gasteiger partial charge in [0.1, 0.15) is 12.2 Å². The van der Waals surface area contributed by atoms with Crippen LogP contribution in [0.2, 0.25) is 0 Å². The molecule has 0 aliphatic heterocycles. The minimum Gasteiger partial charge on any atom is -0.342 e. The molecule has 8 nitrogen and oxygen atoms in total. The first kappa shape index (κ1) is 17.8. The number of nitrogens with zero attached hydrogens (tertiary/aromatic N) is 5. The van der Waals surface area contributed by atoms with E-state index in [1.807, 2.05) is 48.5 Å². The van der Waals surface area contributed by atoms with Crippen molar-refractivity contribution >= 4 is 22.6 Å². The van der Waals surface area contributed by atoms with Crippen LogP contribution in [-0.4, -0.2) is 36.1 Å². The summed E-state index contributed by atoms with van der Waals surface area (Å²) in [5.41, 5.74) is 3.27. The lowest BCUT2D eigenvalue weighted by Crippen LogP contribution is -2.27. The van der Waals surface area contributed by atoms with Crippen LogP contribution in [0, 0.1) is 5.92 Å². The third-order valence-corrected chi connectivity index (χ3v) is 4.39. The van der Waals surface area contributed by atoms with Crippen molar-refractivity contribution in [2.24, 2.45) is 5.92 Å². The lowest BCUT2D eigenvalue weighted by Gasteiger charge is -2.16. The van der Waals surface area contributed by atoms with E-state index in [9.17, 15) is 4.79 Å². The number of hydrogen-bond acceptors (Lipinski definition) is 5. The first-order valence-corrected chi connectivity index (χ1v) is 9.17. The Labute approximate surface area is 162 Å². The molecular formula is C20H21N7O. The van der Waals surface area contributed by atoms with Gasteiger partial charge >= 0.3 is 0 Å². The minimum atomic E-state index is -0.662. The minimum absolute atomic E-state index is 0.222. The molecule has 0 aliphatic rings. The SMILES string of the molecule is CC(C)Cc1nc2ccc(NC(=O)[C@@H](c3ccccc3)n3cnnn3)cc2[nH]1. The molecule has 0 saturated carbocycles. The second-order valence-electron chi connectivity index (χ2n) is 7.11. The maximum Gasteiger partial charge on any atom is 0.253 e. The van der Waals surface area contributed by atoms with E-state index in [2.05, 4.69) is 44.7 Å². The number of imidazole rings is 1. The number of benzene rings is 2. The second kappa shape index (κ2) is 7.59. The molecule has 0 aliphatic carbocycles. The van der Waals surface area contributed by atoms with Crippen LogP contribution in [-0.2, 0) is 11.2 Å². The molecule has 28 heavy (non-hydrogen) atoms. The van der Waals surface area contributed by atoms with E-state index in [0.29, 0.717) is 11.6 Å². The summed E-state index contributed by atoms with van der Waals surface area (Å²) in [6.07, 6.45) is 2.32. The van der Waals surface area contributed by atoms with E-state index in [1.165, 1.54) is 11.0 Å². The van der Waals surface area contributed by atoms with Gasteiger partial charge in [-0.1, -0.05) is 44.2 Å². The summed E-state index contributed by atoms with van der Waals surface area (Å²) < 4.78 is 1.44. The van der Waals surface area contributed by atoms with Gasteiger partial charge < -0.3 is 10.3 Å². The van der Waals surface area contributed by atoms with Gasteiger partial charge in [0.15, 0.2) is 6.04 Å². The molecule has 4 rings (SSSR count). The summed E-state index contributed by atoms with van der Waals surface area (Å²) in [6, 6.07) is 14.4. The number of aromatic nitrogens is 6. The van der Waals surface area contributed by atoms with Crippen molar-refractivity contribution < 1.29 is 4.79 Å². The van der Waals surface area contributed by atoms with Gasteiger partial charge in [-0.05, 0) is 40.1 Å². The number of carbonyl (C=O) groups excluding carboxylic acids is 1. The Kier molecular flexibility index (Phi) is 4.84. The molecule has 0 fully saturated rings. The van der Waals surface area contributed by atoms with E-state index >= 15 is 0 Å². The lowest BCUT2D eigenvalue weighted by molar-refractivity contribution is -0.118. The van der Waals surface area contributed by atoms with Crippen LogP contribution < -0.4 is 5.32 Å². The van der Waals surface area contributed by atoms with E-state index in [1.54, 1.807) is 0 Å². The van der Waals surface area contributed by atoms with Crippen molar-refractivity contribution in [3.8, 4) is 0 Å². The lowest BCUT2D eigenvalue weighted by atomic mass is 10.1. The van der Waals surface area contributed by atoms with Gasteiger partial charge in [-0.3, -0.25) is 4.79 Å². The van der Waals surface area contributed by atoms with Crippen molar-refractivity contribution in [3.63, 3.8) is 0 Å². The Morgan fingerprint density at radius 1 is 1.18 bits per heavy atom. The number of anilines is 1. The van der Waals surface area contributed by atoms with Crippen LogP contribution >= 0.6 is 0 Å². The monoisotopic (exact) mass is 375 g/mol. The molecule has 0 radical (unpaired) electrons. The Morgan fingerprint density at radius 2 is 2.00 bits per heavy atom. The Hall–Kier alpha value is -3.55. The molecule has 1 amide bonds. The van der Waals surface area contributed by atoms with Crippen molar-refractivity contribution in [1.82, 2.24) is 30.2 Å². The van der Waals surface area contributed by atoms with Crippen LogP contribution in [0.5, 0.6) is 0 Å². The molecule has 2 aromatic heterocycles. The maximum atomic E-state index is 13.0. The zero-order chi connectivity index (χ0) is 19.5. The van der Waals surface area contributed by atoms with Gasteiger partial charge in [-0.25, -0.2) is 9.67 Å². The molecule has 1 atom stereocenters. The van der Waals surface area contributed by atoms with E-state index in [-0.39, 0.29) is 5.91 Å². The zero-order valence-corrected chi connectivity index (χ0v) is 15.7. The Balaban J connectivity index is 1.60. The molecule has 0 bridgehead atoms. The van der Waals surface area contributed by atoms with Crippen molar-refractivity contribution in [1.29, 1.82) is 0 Å². The highest BCUT2D eigenvalue weighted by Gasteiger charge is 2.24. The topological polar surface area (TPSA) is 101 Å². The normalized spacial score (nSPS) is 12.4. The predicted octanol–water partition coefficient (Wildman–Crippen LogP) is 2.98. The summed E-state index contributed by atoms with van der Waals surface area (Å²) in [7, 11) is 0. The molecule has 0 saturated heterocycles. The number of fused-ring (bicyclic) bond motifs is 1. The number of carbonyl (C=O) groups is 1. The highest BCUT2D eigenvalue weighted by Crippen LogP contribution is 2.22. The summed E-state index contributed by atoms with van der Waals surface area (Å²) in [6.45, 7) is 4.31. The fraction of sp³-hybridized carbons (Fsp3) is 0.250. The number of aromatic amines is 1. The van der Waals surface area contributed by atoms with Crippen LogP contribution in [0.15, 0.2) is 54.9 Å². The van der Waals surface area contributed by atoms with Crippen LogP contribution in [0.3, 0.4) is 0 Å².